The number of nitrogens with one attached hydrogen (secondary N) is 2. The second kappa shape index (κ2) is 13.5. The van der Waals surface area contributed by atoms with Crippen LogP contribution in [0.25, 0.3) is 22.8 Å². The molecule has 0 radical (unpaired) electrons. The Morgan fingerprint density at radius 3 is 2.63 bits per heavy atom. The van der Waals surface area contributed by atoms with Crippen molar-refractivity contribution < 1.29 is 9.21 Å². The van der Waals surface area contributed by atoms with Crippen molar-refractivity contribution in [1.29, 1.82) is 0 Å². The maximum Gasteiger partial charge on any atom is 0.320 e. The van der Waals surface area contributed by atoms with E-state index in [1.54, 1.807) is 6.08 Å². The van der Waals surface area contributed by atoms with E-state index in [-0.39, 0.29) is 5.91 Å². The molecule has 7 rings (SSSR count). The third kappa shape index (κ3) is 6.73. The molecule has 1 atom stereocenters. The second-order valence-electron chi connectivity index (χ2n) is 12.9. The highest BCUT2D eigenvalue weighted by Gasteiger charge is 2.25. The summed E-state index contributed by atoms with van der Waals surface area (Å²) in [5.74, 6) is 0.190. The van der Waals surface area contributed by atoms with Crippen molar-refractivity contribution in [3.8, 4) is 22.8 Å². The van der Waals surface area contributed by atoms with Crippen LogP contribution in [0.3, 0.4) is 0 Å². The van der Waals surface area contributed by atoms with Crippen LogP contribution in [0.15, 0.2) is 59.0 Å². The van der Waals surface area contributed by atoms with Gasteiger partial charge in [0, 0.05) is 35.6 Å². The minimum atomic E-state index is -0.140. The van der Waals surface area contributed by atoms with Crippen LogP contribution in [0.5, 0.6) is 0 Å². The maximum atomic E-state index is 12.6. The van der Waals surface area contributed by atoms with Crippen molar-refractivity contribution in [2.45, 2.75) is 63.8 Å². The number of benzene rings is 2. The maximum absolute atomic E-state index is 12.6. The standard InChI is InChI=1S/C36H42N8O2/c1-43(2)19-7-12-33(45)38-31-11-6-10-30-29(31)9-5-8-26-23-32(39-40-34(26)30)35-41-42-36(46-35)37-27-16-13-24-14-17-28(18-15-25(24)22-27)44-20-3-4-21-44/h6-7,10-13,16,22-23,28H,3-5,8-9,14-15,17-21H2,1-2H3,(H,37,42)(H,38,45)/b12-7+. The van der Waals surface area contributed by atoms with Crippen molar-refractivity contribution in [2.75, 3.05) is 44.4 Å². The number of hydrogen-bond donors (Lipinski definition) is 2. The number of hydrogen-bond acceptors (Lipinski definition) is 9. The number of carbonyl (C=O) groups is 1. The van der Waals surface area contributed by atoms with Crippen LogP contribution in [-0.2, 0) is 30.5 Å². The first kappa shape index (κ1) is 30.3. The van der Waals surface area contributed by atoms with E-state index in [2.05, 4.69) is 54.1 Å². The quantitative estimate of drug-likeness (QED) is 0.186. The van der Waals surface area contributed by atoms with E-state index in [4.69, 9.17) is 4.42 Å². The van der Waals surface area contributed by atoms with Gasteiger partial charge in [0.05, 0.1) is 5.69 Å². The summed E-state index contributed by atoms with van der Waals surface area (Å²) in [6.07, 6.45) is 13.4. The van der Waals surface area contributed by atoms with Gasteiger partial charge in [0.15, 0.2) is 5.69 Å². The van der Waals surface area contributed by atoms with Crippen LogP contribution in [-0.4, -0.2) is 75.9 Å². The Bertz CT molecular complexity index is 1740. The van der Waals surface area contributed by atoms with Crippen LogP contribution in [0.4, 0.5) is 17.4 Å². The van der Waals surface area contributed by atoms with Gasteiger partial charge in [-0.05, 0) is 131 Å². The first-order valence-corrected chi connectivity index (χ1v) is 16.6. The number of likely N-dealkylation sites (N-methyl/N-ethyl adjacent to an activating group) is 1. The number of likely N-dealkylation sites (tertiary alicyclic amines) is 1. The van der Waals surface area contributed by atoms with Gasteiger partial charge in [-0.3, -0.25) is 4.79 Å². The highest BCUT2D eigenvalue weighted by molar-refractivity contribution is 6.00. The fourth-order valence-electron chi connectivity index (χ4n) is 7.09. The Morgan fingerprint density at radius 1 is 0.935 bits per heavy atom. The first-order chi connectivity index (χ1) is 22.5. The number of nitrogens with zero attached hydrogens (tertiary/aromatic N) is 6. The monoisotopic (exact) mass is 618 g/mol. The van der Waals surface area contributed by atoms with Gasteiger partial charge < -0.3 is 24.9 Å². The van der Waals surface area contributed by atoms with Crippen molar-refractivity contribution in [1.82, 2.24) is 30.2 Å². The average Bonchev–Trinajstić information content (AvgIpc) is 3.66. The van der Waals surface area contributed by atoms with E-state index in [9.17, 15) is 4.79 Å². The zero-order valence-corrected chi connectivity index (χ0v) is 26.8. The van der Waals surface area contributed by atoms with E-state index in [1.807, 2.05) is 49.3 Å². The number of rotatable bonds is 8. The molecule has 2 aliphatic carbocycles. The SMILES string of the molecule is CN(C)C/C=C/C(=O)Nc1cccc2c1CCCc1cc(-c3nnc(Nc4ccc5c(c4)CCC(N4CCCC4)CC5)o3)nnc1-2. The summed E-state index contributed by atoms with van der Waals surface area (Å²) in [5.41, 5.74) is 9.14. The lowest BCUT2D eigenvalue weighted by Crippen LogP contribution is -2.32. The van der Waals surface area contributed by atoms with Gasteiger partial charge in [0.1, 0.15) is 0 Å². The van der Waals surface area contributed by atoms with E-state index in [1.165, 1.54) is 49.9 Å². The number of carbonyl (C=O) groups excluding carboxylic acids is 1. The highest BCUT2D eigenvalue weighted by Crippen LogP contribution is 2.36. The molecule has 0 saturated carbocycles. The summed E-state index contributed by atoms with van der Waals surface area (Å²) < 4.78 is 6.03. The predicted molar refractivity (Wildman–Crippen MR) is 180 cm³/mol. The number of fused-ring (bicyclic) bond motifs is 4. The fraction of sp³-hybridized carbons (Fsp3) is 0.417. The largest absolute Gasteiger partial charge is 0.401 e. The lowest BCUT2D eigenvalue weighted by Gasteiger charge is -2.25. The Hall–Kier alpha value is -4.41. The van der Waals surface area contributed by atoms with Crippen LogP contribution in [0.1, 0.15) is 54.4 Å². The lowest BCUT2D eigenvalue weighted by atomic mass is 9.99. The van der Waals surface area contributed by atoms with Gasteiger partial charge in [-0.1, -0.05) is 29.4 Å². The molecule has 1 unspecified atom stereocenters. The van der Waals surface area contributed by atoms with Crippen molar-refractivity contribution >= 4 is 23.3 Å². The molecule has 238 valence electrons. The molecule has 10 heteroatoms. The number of anilines is 3. The average molecular weight is 619 g/mol. The van der Waals surface area contributed by atoms with Crippen molar-refractivity contribution in [2.24, 2.45) is 0 Å². The van der Waals surface area contributed by atoms with Crippen molar-refractivity contribution in [3.05, 3.63) is 76.9 Å². The Kier molecular flexibility index (Phi) is 8.89. The molecule has 4 aromatic rings. The van der Waals surface area contributed by atoms with Gasteiger partial charge in [0.2, 0.25) is 5.91 Å². The number of aromatic nitrogens is 4. The molecule has 1 saturated heterocycles. The van der Waals surface area contributed by atoms with E-state index < -0.39 is 0 Å². The molecular weight excluding hydrogens is 576 g/mol. The molecular formula is C36H42N8O2. The summed E-state index contributed by atoms with van der Waals surface area (Å²) in [6, 6.07) is 15.6. The molecule has 10 nitrogen and oxygen atoms in total. The minimum absolute atomic E-state index is 0.140. The van der Waals surface area contributed by atoms with Gasteiger partial charge in [-0.15, -0.1) is 15.3 Å². The van der Waals surface area contributed by atoms with Gasteiger partial charge in [0.25, 0.3) is 5.89 Å². The van der Waals surface area contributed by atoms with Crippen LogP contribution < -0.4 is 10.6 Å². The topological polar surface area (TPSA) is 112 Å². The molecule has 1 fully saturated rings. The second-order valence-corrected chi connectivity index (χ2v) is 12.9. The zero-order chi connectivity index (χ0) is 31.5. The molecule has 2 aromatic carbocycles. The predicted octanol–water partition coefficient (Wildman–Crippen LogP) is 5.83. The van der Waals surface area contributed by atoms with Crippen LogP contribution in [0, 0.1) is 0 Å². The molecule has 46 heavy (non-hydrogen) atoms. The summed E-state index contributed by atoms with van der Waals surface area (Å²) in [6.45, 7) is 3.22. The van der Waals surface area contributed by atoms with Crippen LogP contribution >= 0.6 is 0 Å². The summed E-state index contributed by atoms with van der Waals surface area (Å²) in [4.78, 5) is 17.3. The Morgan fingerprint density at radius 2 is 1.78 bits per heavy atom. The molecule has 1 aliphatic heterocycles. The van der Waals surface area contributed by atoms with Crippen molar-refractivity contribution in [3.63, 3.8) is 0 Å². The van der Waals surface area contributed by atoms with Crippen LogP contribution in [0.2, 0.25) is 0 Å². The lowest BCUT2D eigenvalue weighted by molar-refractivity contribution is -0.111. The Balaban J connectivity index is 1.05. The normalized spacial score (nSPS) is 18.1. The molecule has 2 aromatic heterocycles. The first-order valence-electron chi connectivity index (χ1n) is 16.6. The summed E-state index contributed by atoms with van der Waals surface area (Å²) >= 11 is 0. The van der Waals surface area contributed by atoms with E-state index in [0.29, 0.717) is 30.2 Å². The number of amides is 1. The van der Waals surface area contributed by atoms with Gasteiger partial charge in [-0.25, -0.2) is 0 Å². The molecule has 2 N–H and O–H groups in total. The Labute approximate surface area is 270 Å². The molecule has 3 aliphatic rings. The number of aryl methyl sites for hydroxylation is 3. The summed E-state index contributed by atoms with van der Waals surface area (Å²) in [5, 5.41) is 24.1. The third-order valence-corrected chi connectivity index (χ3v) is 9.43. The van der Waals surface area contributed by atoms with Gasteiger partial charge >= 0.3 is 6.01 Å². The fourth-order valence-corrected chi connectivity index (χ4v) is 7.09. The van der Waals surface area contributed by atoms with Gasteiger partial charge in [-0.2, -0.15) is 0 Å². The van der Waals surface area contributed by atoms with E-state index in [0.717, 1.165) is 65.9 Å². The smallest absolute Gasteiger partial charge is 0.320 e. The molecule has 3 heterocycles. The highest BCUT2D eigenvalue weighted by atomic mass is 16.4. The third-order valence-electron chi connectivity index (χ3n) is 9.43. The van der Waals surface area contributed by atoms with E-state index >= 15 is 0 Å². The summed E-state index contributed by atoms with van der Waals surface area (Å²) in [7, 11) is 3.94. The molecule has 1 amide bonds. The minimum Gasteiger partial charge on any atom is -0.401 e. The zero-order valence-electron chi connectivity index (χ0n) is 26.8. The molecule has 0 spiro atoms. The molecule has 0 bridgehead atoms.